The molecule has 0 aliphatic heterocycles. The van der Waals surface area contributed by atoms with Crippen molar-refractivity contribution >= 4 is 0 Å². The first-order chi connectivity index (χ1) is 9.70. The molecule has 1 aromatic heterocycles. The van der Waals surface area contributed by atoms with E-state index in [0.717, 1.165) is 18.5 Å². The van der Waals surface area contributed by atoms with Crippen LogP contribution in [0.5, 0.6) is 0 Å². The number of hydrogen-bond donors (Lipinski definition) is 1. The average Bonchev–Trinajstić information content (AvgIpc) is 3.17. The van der Waals surface area contributed by atoms with Gasteiger partial charge in [0.2, 0.25) is 0 Å². The molecule has 0 bridgehead atoms. The van der Waals surface area contributed by atoms with E-state index in [-0.39, 0.29) is 11.7 Å². The fraction of sp³-hybridized carbons (Fsp3) is 0.438. The van der Waals surface area contributed by atoms with Gasteiger partial charge in [-0.3, -0.25) is 4.68 Å². The summed E-state index contributed by atoms with van der Waals surface area (Å²) >= 11 is 0. The molecular formula is C16H20FN3. The molecule has 1 unspecified atom stereocenters. The van der Waals surface area contributed by atoms with E-state index in [1.807, 2.05) is 30.2 Å². The summed E-state index contributed by atoms with van der Waals surface area (Å²) in [7, 11) is 1.92. The minimum Gasteiger partial charge on any atom is -0.313 e. The fourth-order valence-corrected chi connectivity index (χ4v) is 2.53. The lowest BCUT2D eigenvalue weighted by Crippen LogP contribution is -2.24. The lowest BCUT2D eigenvalue weighted by molar-refractivity contribution is 0.569. The SMILES string of the molecule is Cn1cc(CC(CNC2CC2)c2cccc(F)c2)cn1. The van der Waals surface area contributed by atoms with E-state index in [0.29, 0.717) is 6.04 Å². The molecule has 3 rings (SSSR count). The zero-order valence-electron chi connectivity index (χ0n) is 11.7. The molecule has 0 spiro atoms. The maximum absolute atomic E-state index is 13.4. The van der Waals surface area contributed by atoms with Crippen LogP contribution < -0.4 is 5.32 Å². The standard InChI is InChI=1S/C16H20FN3/c1-20-11-12(9-19-20)7-14(10-18-16-5-6-16)13-3-2-4-15(17)8-13/h2-4,8-9,11,14,16,18H,5-7,10H2,1H3. The summed E-state index contributed by atoms with van der Waals surface area (Å²) in [5, 5.41) is 7.76. The normalized spacial score (nSPS) is 16.3. The van der Waals surface area contributed by atoms with Crippen molar-refractivity contribution < 1.29 is 4.39 Å². The van der Waals surface area contributed by atoms with Crippen molar-refractivity contribution in [2.45, 2.75) is 31.2 Å². The highest BCUT2D eigenvalue weighted by atomic mass is 19.1. The predicted octanol–water partition coefficient (Wildman–Crippen LogP) is 2.64. The van der Waals surface area contributed by atoms with E-state index in [1.54, 1.807) is 12.1 Å². The van der Waals surface area contributed by atoms with Gasteiger partial charge in [0.1, 0.15) is 5.82 Å². The van der Waals surface area contributed by atoms with Crippen molar-refractivity contribution in [3.05, 3.63) is 53.6 Å². The van der Waals surface area contributed by atoms with E-state index >= 15 is 0 Å². The van der Waals surface area contributed by atoms with Crippen molar-refractivity contribution in [1.82, 2.24) is 15.1 Å². The van der Waals surface area contributed by atoms with Crippen molar-refractivity contribution in [2.75, 3.05) is 6.54 Å². The summed E-state index contributed by atoms with van der Waals surface area (Å²) in [6.45, 7) is 0.892. The molecule has 1 aliphatic carbocycles. The highest BCUT2D eigenvalue weighted by Crippen LogP contribution is 2.24. The first kappa shape index (κ1) is 13.3. The Morgan fingerprint density at radius 2 is 2.30 bits per heavy atom. The summed E-state index contributed by atoms with van der Waals surface area (Å²) in [5.74, 6) is 0.126. The lowest BCUT2D eigenvalue weighted by atomic mass is 9.93. The molecular weight excluding hydrogens is 253 g/mol. The molecule has 1 heterocycles. The number of aryl methyl sites for hydroxylation is 1. The van der Waals surface area contributed by atoms with Gasteiger partial charge in [0, 0.05) is 31.7 Å². The number of nitrogens with zero attached hydrogens (tertiary/aromatic N) is 2. The van der Waals surface area contributed by atoms with Crippen LogP contribution in [0.1, 0.15) is 29.9 Å². The van der Waals surface area contributed by atoms with Crippen LogP contribution in [0.15, 0.2) is 36.7 Å². The number of benzene rings is 1. The first-order valence-electron chi connectivity index (χ1n) is 7.17. The van der Waals surface area contributed by atoms with Gasteiger partial charge in [-0.1, -0.05) is 12.1 Å². The van der Waals surface area contributed by atoms with Gasteiger partial charge in [-0.15, -0.1) is 0 Å². The van der Waals surface area contributed by atoms with Gasteiger partial charge in [-0.05, 0) is 42.5 Å². The Balaban J connectivity index is 1.74. The quantitative estimate of drug-likeness (QED) is 0.877. The van der Waals surface area contributed by atoms with Crippen molar-refractivity contribution in [3.8, 4) is 0 Å². The molecule has 3 nitrogen and oxygen atoms in total. The first-order valence-corrected chi connectivity index (χ1v) is 7.17. The van der Waals surface area contributed by atoms with E-state index in [9.17, 15) is 4.39 Å². The Labute approximate surface area is 118 Å². The Morgan fingerprint density at radius 3 is 2.95 bits per heavy atom. The molecule has 106 valence electrons. The van der Waals surface area contributed by atoms with Crippen molar-refractivity contribution in [3.63, 3.8) is 0 Å². The Bertz CT molecular complexity index is 575. The van der Waals surface area contributed by atoms with Crippen LogP contribution >= 0.6 is 0 Å². The zero-order chi connectivity index (χ0) is 13.9. The second kappa shape index (κ2) is 5.75. The fourth-order valence-electron chi connectivity index (χ4n) is 2.53. The zero-order valence-corrected chi connectivity index (χ0v) is 11.7. The molecule has 0 saturated heterocycles. The van der Waals surface area contributed by atoms with Gasteiger partial charge in [0.25, 0.3) is 0 Å². The molecule has 1 fully saturated rings. The molecule has 0 amide bonds. The molecule has 4 heteroatoms. The largest absolute Gasteiger partial charge is 0.313 e. The Morgan fingerprint density at radius 1 is 1.45 bits per heavy atom. The number of nitrogens with one attached hydrogen (secondary N) is 1. The Hall–Kier alpha value is -1.68. The molecule has 1 saturated carbocycles. The highest BCUT2D eigenvalue weighted by Gasteiger charge is 2.23. The summed E-state index contributed by atoms with van der Waals surface area (Å²) in [6, 6.07) is 7.62. The lowest BCUT2D eigenvalue weighted by Gasteiger charge is -2.17. The molecule has 20 heavy (non-hydrogen) atoms. The van der Waals surface area contributed by atoms with E-state index in [4.69, 9.17) is 0 Å². The molecule has 2 aromatic rings. The monoisotopic (exact) mass is 273 g/mol. The minimum absolute atomic E-state index is 0.162. The maximum atomic E-state index is 13.4. The molecule has 1 aromatic carbocycles. The second-order valence-corrected chi connectivity index (χ2v) is 5.66. The summed E-state index contributed by atoms with van der Waals surface area (Å²) < 4.78 is 15.3. The summed E-state index contributed by atoms with van der Waals surface area (Å²) in [6.07, 6.45) is 7.34. The molecule has 1 N–H and O–H groups in total. The van der Waals surface area contributed by atoms with Gasteiger partial charge in [0.15, 0.2) is 0 Å². The van der Waals surface area contributed by atoms with Crippen LogP contribution in [0.4, 0.5) is 4.39 Å². The highest BCUT2D eigenvalue weighted by molar-refractivity contribution is 5.24. The van der Waals surface area contributed by atoms with Crippen LogP contribution in [0.3, 0.4) is 0 Å². The van der Waals surface area contributed by atoms with Gasteiger partial charge in [0.05, 0.1) is 6.20 Å². The third kappa shape index (κ3) is 3.45. The van der Waals surface area contributed by atoms with E-state index in [2.05, 4.69) is 10.4 Å². The van der Waals surface area contributed by atoms with Crippen LogP contribution in [0.25, 0.3) is 0 Å². The van der Waals surface area contributed by atoms with Crippen LogP contribution in [-0.2, 0) is 13.5 Å². The predicted molar refractivity (Wildman–Crippen MR) is 77.1 cm³/mol. The van der Waals surface area contributed by atoms with Crippen molar-refractivity contribution in [1.29, 1.82) is 0 Å². The number of halogens is 1. The Kier molecular flexibility index (Phi) is 3.83. The van der Waals surface area contributed by atoms with Crippen LogP contribution in [0.2, 0.25) is 0 Å². The van der Waals surface area contributed by atoms with Crippen LogP contribution in [-0.4, -0.2) is 22.4 Å². The van der Waals surface area contributed by atoms with E-state index in [1.165, 1.54) is 24.5 Å². The van der Waals surface area contributed by atoms with Gasteiger partial charge < -0.3 is 5.32 Å². The van der Waals surface area contributed by atoms with Gasteiger partial charge in [-0.25, -0.2) is 4.39 Å². The topological polar surface area (TPSA) is 29.9 Å². The second-order valence-electron chi connectivity index (χ2n) is 5.66. The number of rotatable bonds is 6. The molecule has 1 atom stereocenters. The third-order valence-electron chi connectivity index (χ3n) is 3.79. The number of hydrogen-bond acceptors (Lipinski definition) is 2. The molecule has 1 aliphatic rings. The minimum atomic E-state index is -0.162. The average molecular weight is 273 g/mol. The van der Waals surface area contributed by atoms with Crippen LogP contribution in [0, 0.1) is 5.82 Å². The maximum Gasteiger partial charge on any atom is 0.123 e. The van der Waals surface area contributed by atoms with Gasteiger partial charge in [-0.2, -0.15) is 5.10 Å². The number of aromatic nitrogens is 2. The summed E-state index contributed by atoms with van der Waals surface area (Å²) in [4.78, 5) is 0. The molecule has 0 radical (unpaired) electrons. The van der Waals surface area contributed by atoms with Crippen molar-refractivity contribution in [2.24, 2.45) is 7.05 Å². The summed E-state index contributed by atoms with van der Waals surface area (Å²) in [5.41, 5.74) is 2.25. The third-order valence-corrected chi connectivity index (χ3v) is 3.79. The van der Waals surface area contributed by atoms with Gasteiger partial charge >= 0.3 is 0 Å². The van der Waals surface area contributed by atoms with E-state index < -0.39 is 0 Å². The smallest absolute Gasteiger partial charge is 0.123 e.